The first kappa shape index (κ1) is 23.4. The molecule has 1 aliphatic rings. The van der Waals surface area contributed by atoms with Gasteiger partial charge >= 0.3 is 0 Å². The molecule has 1 aromatic carbocycles. The summed E-state index contributed by atoms with van der Waals surface area (Å²) >= 11 is 0. The van der Waals surface area contributed by atoms with Crippen LogP contribution >= 0.6 is 0 Å². The molecule has 0 amide bonds. The van der Waals surface area contributed by atoms with E-state index in [1.165, 1.54) is 24.3 Å². The number of nitrogens with zero attached hydrogens (tertiary/aromatic N) is 1. The van der Waals surface area contributed by atoms with Gasteiger partial charge in [-0.05, 0) is 25.8 Å². The van der Waals surface area contributed by atoms with Gasteiger partial charge in [0, 0.05) is 30.0 Å². The van der Waals surface area contributed by atoms with Gasteiger partial charge in [-0.25, -0.2) is 4.79 Å². The van der Waals surface area contributed by atoms with Crippen molar-refractivity contribution in [2.24, 2.45) is 5.92 Å². The lowest BCUT2D eigenvalue weighted by Crippen LogP contribution is -2.51. The summed E-state index contributed by atoms with van der Waals surface area (Å²) in [7, 11) is 0. The second-order valence-electron chi connectivity index (χ2n) is 7.93. The average Bonchev–Trinajstić information content (AvgIpc) is 2.68. The summed E-state index contributed by atoms with van der Waals surface area (Å²) in [4.78, 5) is 21.0. The van der Waals surface area contributed by atoms with Crippen LogP contribution in [-0.2, 0) is 14.3 Å². The predicted molar refractivity (Wildman–Crippen MR) is 110 cm³/mol. The van der Waals surface area contributed by atoms with E-state index in [-0.39, 0.29) is 24.8 Å². The molecule has 1 aromatic rings. The first-order valence-corrected chi connectivity index (χ1v) is 9.66. The topological polar surface area (TPSA) is 120 Å². The van der Waals surface area contributed by atoms with Crippen LogP contribution in [0.3, 0.4) is 0 Å². The zero-order chi connectivity index (χ0) is 22.3. The highest BCUT2D eigenvalue weighted by atomic mass is 16.6. The monoisotopic (exact) mass is 420 g/mol. The molecule has 164 valence electrons. The number of aliphatic hydroxyl groups is 1. The molecular formula is C21H28N2O7. The van der Waals surface area contributed by atoms with Gasteiger partial charge in [0.2, 0.25) is 0 Å². The molecule has 1 aliphatic heterocycles. The second-order valence-corrected chi connectivity index (χ2v) is 7.93. The van der Waals surface area contributed by atoms with Crippen LogP contribution in [0.15, 0.2) is 36.2 Å². The van der Waals surface area contributed by atoms with Crippen LogP contribution in [0.5, 0.6) is 5.75 Å². The summed E-state index contributed by atoms with van der Waals surface area (Å²) in [6.45, 7) is 8.12. The highest BCUT2D eigenvalue weighted by Crippen LogP contribution is 2.41. The molecule has 2 N–H and O–H groups in total. The third-order valence-corrected chi connectivity index (χ3v) is 4.50. The third-order valence-electron chi connectivity index (χ3n) is 4.50. The van der Waals surface area contributed by atoms with Gasteiger partial charge in [-0.1, -0.05) is 13.8 Å². The van der Waals surface area contributed by atoms with Crippen molar-refractivity contribution in [1.29, 1.82) is 0 Å². The molecule has 0 saturated heterocycles. The van der Waals surface area contributed by atoms with Gasteiger partial charge < -0.3 is 24.6 Å². The van der Waals surface area contributed by atoms with Crippen molar-refractivity contribution in [3.8, 4) is 5.75 Å². The van der Waals surface area contributed by atoms with Crippen molar-refractivity contribution in [3.05, 3.63) is 51.9 Å². The van der Waals surface area contributed by atoms with Crippen molar-refractivity contribution in [1.82, 2.24) is 5.32 Å². The lowest BCUT2D eigenvalue weighted by atomic mass is 9.86. The summed E-state index contributed by atoms with van der Waals surface area (Å²) in [5.41, 5.74) is -0.542. The van der Waals surface area contributed by atoms with Crippen LogP contribution in [0.1, 0.15) is 39.3 Å². The standard InChI is InChI=1S/C21H28N2O7/c1-14(2)12-29-16(13-28-9-5-8-24)11-22-19-17-10-15(23(26)27)6-7-18(17)30-21(3,4)20(19)25/h5-7,10-11,14,19-20,22,25H,9,12-13H2,1-4H3/b16-11+/t19-,20+/m1/s1. The summed E-state index contributed by atoms with van der Waals surface area (Å²) in [6, 6.07) is 3.62. The molecule has 0 bridgehead atoms. The lowest BCUT2D eigenvalue weighted by Gasteiger charge is -2.42. The van der Waals surface area contributed by atoms with Gasteiger partial charge in [-0.2, -0.15) is 0 Å². The molecule has 0 radical (unpaired) electrons. The van der Waals surface area contributed by atoms with Crippen LogP contribution in [0.4, 0.5) is 5.69 Å². The Kier molecular flexibility index (Phi) is 8.00. The van der Waals surface area contributed by atoms with Crippen LogP contribution < -0.4 is 10.1 Å². The Balaban J connectivity index is 2.30. The fourth-order valence-corrected chi connectivity index (χ4v) is 2.92. The van der Waals surface area contributed by atoms with Crippen molar-refractivity contribution in [2.45, 2.75) is 45.4 Å². The smallest absolute Gasteiger partial charge is 0.270 e. The van der Waals surface area contributed by atoms with E-state index >= 15 is 0 Å². The lowest BCUT2D eigenvalue weighted by molar-refractivity contribution is -0.385. The first-order valence-electron chi connectivity index (χ1n) is 9.66. The van der Waals surface area contributed by atoms with E-state index < -0.39 is 22.7 Å². The van der Waals surface area contributed by atoms with E-state index in [4.69, 9.17) is 14.2 Å². The number of fused-ring (bicyclic) bond motifs is 1. The molecule has 0 aliphatic carbocycles. The largest absolute Gasteiger partial charge is 0.494 e. The number of nitrogens with one attached hydrogen (secondary N) is 1. The van der Waals surface area contributed by atoms with Crippen molar-refractivity contribution in [2.75, 3.05) is 19.8 Å². The highest BCUT2D eigenvalue weighted by Gasteiger charge is 2.43. The number of rotatable bonds is 10. The maximum Gasteiger partial charge on any atom is 0.270 e. The molecule has 0 aromatic heterocycles. The van der Waals surface area contributed by atoms with Gasteiger partial charge in [0.05, 0.1) is 24.2 Å². The maximum atomic E-state index is 11.2. The van der Waals surface area contributed by atoms with Gasteiger partial charge in [-0.15, -0.1) is 0 Å². The molecule has 30 heavy (non-hydrogen) atoms. The minimum absolute atomic E-state index is 0.0911. The van der Waals surface area contributed by atoms with E-state index in [1.807, 2.05) is 13.8 Å². The van der Waals surface area contributed by atoms with E-state index in [1.54, 1.807) is 26.0 Å². The Bertz CT molecular complexity index is 829. The SMILES string of the molecule is CC(C)CO/C(=C/N[C@@H]1c2cc([N+](=O)[O-])ccc2OC(C)(C)[C@H]1O)COCC=C=O. The van der Waals surface area contributed by atoms with Gasteiger partial charge in [-0.3, -0.25) is 10.1 Å². The molecule has 2 rings (SSSR count). The van der Waals surface area contributed by atoms with Gasteiger partial charge in [0.25, 0.3) is 5.69 Å². The maximum absolute atomic E-state index is 11.2. The Hall–Kier alpha value is -2.87. The number of benzene rings is 1. The molecule has 0 fully saturated rings. The van der Waals surface area contributed by atoms with Gasteiger partial charge in [0.1, 0.15) is 35.8 Å². The normalized spacial score (nSPS) is 20.0. The Morgan fingerprint density at radius 2 is 2.20 bits per heavy atom. The van der Waals surface area contributed by atoms with Gasteiger partial charge in [0.15, 0.2) is 0 Å². The Labute approximate surface area is 175 Å². The molecular weight excluding hydrogens is 392 g/mol. The quantitative estimate of drug-likeness (QED) is 0.195. The minimum Gasteiger partial charge on any atom is -0.494 e. The minimum atomic E-state index is -0.992. The van der Waals surface area contributed by atoms with Crippen LogP contribution in [0.2, 0.25) is 0 Å². The Morgan fingerprint density at radius 1 is 1.47 bits per heavy atom. The van der Waals surface area contributed by atoms with E-state index in [2.05, 4.69) is 5.32 Å². The van der Waals surface area contributed by atoms with Crippen molar-refractivity contribution in [3.63, 3.8) is 0 Å². The molecule has 0 saturated carbocycles. The van der Waals surface area contributed by atoms with E-state index in [9.17, 15) is 20.0 Å². The van der Waals surface area contributed by atoms with E-state index in [0.29, 0.717) is 23.7 Å². The van der Waals surface area contributed by atoms with Crippen molar-refractivity contribution < 1.29 is 29.0 Å². The molecule has 0 unspecified atom stereocenters. The number of aliphatic hydroxyl groups excluding tert-OH is 1. The summed E-state index contributed by atoms with van der Waals surface area (Å²) in [6.07, 6.45) is 1.80. The number of hydrogen-bond donors (Lipinski definition) is 2. The predicted octanol–water partition coefficient (Wildman–Crippen LogP) is 2.68. The Morgan fingerprint density at radius 3 is 2.83 bits per heavy atom. The second kappa shape index (κ2) is 10.2. The number of ether oxygens (including phenoxy) is 3. The average molecular weight is 420 g/mol. The molecule has 9 heteroatoms. The molecule has 9 nitrogen and oxygen atoms in total. The van der Waals surface area contributed by atoms with Crippen LogP contribution in [0.25, 0.3) is 0 Å². The third kappa shape index (κ3) is 6.06. The molecule has 1 heterocycles. The summed E-state index contributed by atoms with van der Waals surface area (Å²) in [5, 5.41) is 25.1. The number of nitro groups is 1. The zero-order valence-electron chi connectivity index (χ0n) is 17.6. The highest BCUT2D eigenvalue weighted by molar-refractivity contribution is 5.48. The number of non-ortho nitro benzene ring substituents is 1. The number of hydrogen-bond acceptors (Lipinski definition) is 8. The number of nitro benzene ring substituents is 1. The fraction of sp³-hybridized carbons (Fsp3) is 0.524. The summed E-state index contributed by atoms with van der Waals surface area (Å²) < 4.78 is 17.0. The first-order chi connectivity index (χ1) is 14.2. The molecule has 0 spiro atoms. The van der Waals surface area contributed by atoms with Crippen molar-refractivity contribution >= 4 is 11.6 Å². The fourth-order valence-electron chi connectivity index (χ4n) is 2.92. The number of carbonyl (C=O) groups excluding carboxylic acids is 1. The molecule has 2 atom stereocenters. The summed E-state index contributed by atoms with van der Waals surface area (Å²) in [5.74, 6) is 2.84. The van der Waals surface area contributed by atoms with Crippen LogP contribution in [-0.4, -0.2) is 47.5 Å². The van der Waals surface area contributed by atoms with Crippen LogP contribution in [0, 0.1) is 16.0 Å². The van der Waals surface area contributed by atoms with E-state index in [0.717, 1.165) is 0 Å². The zero-order valence-corrected chi connectivity index (χ0v) is 17.6.